The molecule has 0 bridgehead atoms. The zero-order valence-corrected chi connectivity index (χ0v) is 10.6. The van der Waals surface area contributed by atoms with Crippen LogP contribution in [0.25, 0.3) is 0 Å². The van der Waals surface area contributed by atoms with Gasteiger partial charge in [0.25, 0.3) is 0 Å². The number of nitrogens with zero attached hydrogens (tertiary/aromatic N) is 1. The third-order valence-electron chi connectivity index (χ3n) is 1.45. The quantitative estimate of drug-likeness (QED) is 0.322. The summed E-state index contributed by atoms with van der Waals surface area (Å²) in [5, 5.41) is 5.81. The molecule has 0 radical (unpaired) electrons. The van der Waals surface area contributed by atoms with E-state index < -0.39 is 0 Å². The molecule has 0 unspecified atom stereocenters. The van der Waals surface area contributed by atoms with Crippen LogP contribution in [0.3, 0.4) is 0 Å². The first-order chi connectivity index (χ1) is 7.17. The lowest BCUT2D eigenvalue weighted by molar-refractivity contribution is -0.119. The average Bonchev–Trinajstić information content (AvgIpc) is 2.24. The molecule has 0 rings (SSSR count). The van der Waals surface area contributed by atoms with E-state index in [0.29, 0.717) is 17.2 Å². The van der Waals surface area contributed by atoms with Gasteiger partial charge < -0.3 is 4.74 Å². The van der Waals surface area contributed by atoms with Crippen LogP contribution in [0, 0.1) is 0 Å². The molecule has 0 saturated carbocycles. The number of carbonyl (C=O) groups excluding carboxylic acids is 1. The molecule has 15 heavy (non-hydrogen) atoms. The van der Waals surface area contributed by atoms with Crippen LogP contribution >= 0.6 is 23.9 Å². The van der Waals surface area contributed by atoms with Crippen LogP contribution in [0.2, 0.25) is 0 Å². The van der Waals surface area contributed by atoms with Crippen molar-refractivity contribution in [3.63, 3.8) is 0 Å². The van der Waals surface area contributed by atoms with Crippen molar-refractivity contribution < 1.29 is 9.53 Å². The summed E-state index contributed by atoms with van der Waals surface area (Å²) in [4.78, 5) is 11.5. The van der Waals surface area contributed by atoms with Gasteiger partial charge >= 0.3 is 0 Å². The Balaban J connectivity index is 4.36. The minimum atomic E-state index is -0.148. The summed E-state index contributed by atoms with van der Waals surface area (Å²) in [5.41, 5.74) is 0.369. The summed E-state index contributed by atoms with van der Waals surface area (Å²) < 4.78 is 8.95. The van der Waals surface area contributed by atoms with Crippen molar-refractivity contribution in [2.75, 3.05) is 19.0 Å². The van der Waals surface area contributed by atoms with Crippen molar-refractivity contribution >= 4 is 34.7 Å². The van der Waals surface area contributed by atoms with Crippen LogP contribution in [0.15, 0.2) is 16.5 Å². The van der Waals surface area contributed by atoms with Gasteiger partial charge in [-0.1, -0.05) is 13.5 Å². The minimum absolute atomic E-state index is 0.0495. The van der Waals surface area contributed by atoms with E-state index in [2.05, 4.69) is 11.0 Å². The molecule has 0 aliphatic carbocycles. The first kappa shape index (κ1) is 14.7. The van der Waals surface area contributed by atoms with Crippen LogP contribution < -0.4 is 5.14 Å². The third kappa shape index (κ3) is 5.99. The number of Topliss-reactive ketones (excluding diaryl/α,β-unsaturated/α-hetero) is 1. The van der Waals surface area contributed by atoms with Crippen molar-refractivity contribution in [2.45, 2.75) is 13.8 Å². The molecule has 0 aliphatic rings. The Hall–Kier alpha value is -0.300. The Morgan fingerprint density at radius 2 is 2.20 bits per heavy atom. The smallest absolute Gasteiger partial charge is 0.190 e. The number of carbonyl (C=O) groups is 1. The van der Waals surface area contributed by atoms with Gasteiger partial charge in [0.05, 0.1) is 12.1 Å². The Labute approximate surface area is 99.0 Å². The van der Waals surface area contributed by atoms with E-state index in [0.717, 1.165) is 17.9 Å². The SMILES string of the molecule is C=C(C(=O)COCC)C(=NSN)SCC. The lowest BCUT2D eigenvalue weighted by Crippen LogP contribution is -2.15. The molecule has 86 valence electrons. The fraction of sp³-hybridized carbons (Fsp3) is 0.556. The van der Waals surface area contributed by atoms with Gasteiger partial charge in [-0.25, -0.2) is 0 Å². The fourth-order valence-electron chi connectivity index (χ4n) is 0.754. The summed E-state index contributed by atoms with van der Waals surface area (Å²) in [6.45, 7) is 8.07. The number of hydrogen-bond donors (Lipinski definition) is 1. The summed E-state index contributed by atoms with van der Waals surface area (Å²) in [5.74, 6) is 0.672. The van der Waals surface area contributed by atoms with Gasteiger partial charge in [0.2, 0.25) is 0 Å². The Morgan fingerprint density at radius 3 is 2.67 bits per heavy atom. The zero-order chi connectivity index (χ0) is 11.7. The van der Waals surface area contributed by atoms with E-state index in [-0.39, 0.29) is 12.4 Å². The Morgan fingerprint density at radius 1 is 1.53 bits per heavy atom. The Kier molecular flexibility index (Phi) is 8.79. The van der Waals surface area contributed by atoms with Crippen LogP contribution in [0.5, 0.6) is 0 Å². The van der Waals surface area contributed by atoms with Gasteiger partial charge in [-0.15, -0.1) is 11.8 Å². The van der Waals surface area contributed by atoms with Gasteiger partial charge in [-0.05, 0) is 12.7 Å². The molecule has 0 aromatic carbocycles. The molecule has 0 heterocycles. The number of thioether (sulfide) groups is 1. The van der Waals surface area contributed by atoms with Crippen LogP contribution in [-0.4, -0.2) is 29.8 Å². The van der Waals surface area contributed by atoms with Crippen LogP contribution in [0.1, 0.15) is 13.8 Å². The minimum Gasteiger partial charge on any atom is -0.374 e. The second-order valence-electron chi connectivity index (χ2n) is 2.47. The molecule has 0 saturated heterocycles. The van der Waals surface area contributed by atoms with E-state index >= 15 is 0 Å². The highest BCUT2D eigenvalue weighted by molar-refractivity contribution is 8.15. The molecule has 0 aromatic rings. The molecule has 0 amide bonds. The zero-order valence-electron chi connectivity index (χ0n) is 8.99. The molecule has 0 atom stereocenters. The summed E-state index contributed by atoms with van der Waals surface area (Å²) in [6.07, 6.45) is 0. The second-order valence-corrected chi connectivity index (χ2v) is 4.12. The topological polar surface area (TPSA) is 64.7 Å². The van der Waals surface area contributed by atoms with E-state index in [1.807, 2.05) is 13.8 Å². The van der Waals surface area contributed by atoms with Crippen molar-refractivity contribution in [2.24, 2.45) is 9.54 Å². The van der Waals surface area contributed by atoms with Crippen molar-refractivity contribution in [1.29, 1.82) is 0 Å². The van der Waals surface area contributed by atoms with Crippen LogP contribution in [0.4, 0.5) is 0 Å². The molecule has 0 fully saturated rings. The van der Waals surface area contributed by atoms with E-state index in [1.54, 1.807) is 0 Å². The summed E-state index contributed by atoms with van der Waals surface area (Å²) in [7, 11) is 0. The maximum Gasteiger partial charge on any atom is 0.190 e. The standard InChI is InChI=1S/C9H16N2O2S2/c1-4-13-6-8(12)7(3)9(11-15-10)14-5-2/h3-6,10H2,1-2H3. The molecular formula is C9H16N2O2S2. The van der Waals surface area contributed by atoms with Gasteiger partial charge in [-0.2, -0.15) is 4.40 Å². The molecule has 0 aromatic heterocycles. The second kappa shape index (κ2) is 8.96. The summed E-state index contributed by atoms with van der Waals surface area (Å²) in [6, 6.07) is 0. The summed E-state index contributed by atoms with van der Waals surface area (Å²) >= 11 is 2.28. The Bertz CT molecular complexity index is 254. The first-order valence-corrected chi connectivity index (χ1v) is 6.36. The number of rotatable bonds is 7. The molecular weight excluding hydrogens is 232 g/mol. The van der Waals surface area contributed by atoms with E-state index in [9.17, 15) is 4.79 Å². The lowest BCUT2D eigenvalue weighted by atomic mass is 10.2. The van der Waals surface area contributed by atoms with Gasteiger partial charge in [0.1, 0.15) is 11.7 Å². The average molecular weight is 248 g/mol. The lowest BCUT2D eigenvalue weighted by Gasteiger charge is -2.06. The van der Waals surface area contributed by atoms with E-state index in [1.165, 1.54) is 11.8 Å². The monoisotopic (exact) mass is 248 g/mol. The van der Waals surface area contributed by atoms with Gasteiger partial charge in [-0.3, -0.25) is 9.93 Å². The van der Waals surface area contributed by atoms with Crippen molar-refractivity contribution in [3.05, 3.63) is 12.2 Å². The maximum absolute atomic E-state index is 11.5. The largest absolute Gasteiger partial charge is 0.374 e. The highest BCUT2D eigenvalue weighted by atomic mass is 32.2. The number of hydrogen-bond acceptors (Lipinski definition) is 6. The number of nitrogens with two attached hydrogens (primary N) is 1. The predicted octanol–water partition coefficient (Wildman–Crippen LogP) is 1.82. The van der Waals surface area contributed by atoms with Crippen LogP contribution in [-0.2, 0) is 9.53 Å². The highest BCUT2D eigenvalue weighted by Crippen LogP contribution is 2.14. The molecule has 6 heteroatoms. The van der Waals surface area contributed by atoms with Gasteiger partial charge in [0.15, 0.2) is 5.78 Å². The molecule has 0 spiro atoms. The van der Waals surface area contributed by atoms with E-state index in [4.69, 9.17) is 9.88 Å². The third-order valence-corrected chi connectivity index (χ3v) is 2.75. The maximum atomic E-state index is 11.5. The number of ether oxygens (including phenoxy) is 1. The molecule has 0 aliphatic heterocycles. The van der Waals surface area contributed by atoms with Crippen molar-refractivity contribution in [3.8, 4) is 0 Å². The predicted molar refractivity (Wildman–Crippen MR) is 68.0 cm³/mol. The first-order valence-electron chi connectivity index (χ1n) is 4.54. The fourth-order valence-corrected chi connectivity index (χ4v) is 1.86. The normalized spacial score (nSPS) is 11.5. The molecule has 4 nitrogen and oxygen atoms in total. The van der Waals surface area contributed by atoms with Crippen molar-refractivity contribution in [1.82, 2.24) is 0 Å². The van der Waals surface area contributed by atoms with Gasteiger partial charge in [0, 0.05) is 12.2 Å². The number of ketones is 1. The molecule has 2 N–H and O–H groups in total. The highest BCUT2D eigenvalue weighted by Gasteiger charge is 2.13.